The average molecular weight is 478 g/mol. The van der Waals surface area contributed by atoms with Gasteiger partial charge in [0.15, 0.2) is 0 Å². The summed E-state index contributed by atoms with van der Waals surface area (Å²) in [6.07, 6.45) is 4.17. The Labute approximate surface area is 205 Å². The van der Waals surface area contributed by atoms with Gasteiger partial charge in [-0.25, -0.2) is 9.78 Å². The summed E-state index contributed by atoms with van der Waals surface area (Å²) in [6, 6.07) is 17.3. The van der Waals surface area contributed by atoms with E-state index in [0.717, 1.165) is 35.4 Å². The van der Waals surface area contributed by atoms with E-state index in [1.165, 1.54) is 4.90 Å². The number of carbonyl (C=O) groups excluding carboxylic acids is 1. The molecular formula is C27H31N3O5. The number of hydrogen-bond donors (Lipinski definition) is 1. The molecule has 1 saturated carbocycles. The smallest absolute Gasteiger partial charge is 0.410 e. The van der Waals surface area contributed by atoms with Crippen LogP contribution in [-0.2, 0) is 29.7 Å². The van der Waals surface area contributed by atoms with Gasteiger partial charge in [-0.1, -0.05) is 30.3 Å². The molecule has 0 unspecified atom stereocenters. The number of carboxylic acids is 1. The topological polar surface area (TPSA) is 93.9 Å². The molecule has 0 radical (unpaired) electrons. The van der Waals surface area contributed by atoms with Crippen molar-refractivity contribution in [2.45, 2.75) is 44.9 Å². The van der Waals surface area contributed by atoms with Crippen LogP contribution >= 0.6 is 0 Å². The lowest BCUT2D eigenvalue weighted by molar-refractivity contribution is -0.143. The first-order valence-corrected chi connectivity index (χ1v) is 11.8. The lowest BCUT2D eigenvalue weighted by atomic mass is 9.87. The van der Waals surface area contributed by atoms with Gasteiger partial charge in [0.2, 0.25) is 0 Å². The summed E-state index contributed by atoms with van der Waals surface area (Å²) in [5.74, 6) is -0.377. The number of aliphatic carboxylic acids is 1. The van der Waals surface area contributed by atoms with Crippen LogP contribution in [0.15, 0.2) is 60.9 Å². The summed E-state index contributed by atoms with van der Waals surface area (Å²) in [6.45, 7) is 0.564. The largest absolute Gasteiger partial charge is 0.490 e. The van der Waals surface area contributed by atoms with Crippen molar-refractivity contribution in [2.75, 3.05) is 7.05 Å². The van der Waals surface area contributed by atoms with E-state index in [2.05, 4.69) is 4.98 Å². The molecule has 0 bridgehead atoms. The van der Waals surface area contributed by atoms with Gasteiger partial charge in [0, 0.05) is 26.2 Å². The maximum Gasteiger partial charge on any atom is 0.410 e. The zero-order chi connectivity index (χ0) is 24.8. The number of carbonyl (C=O) groups is 2. The predicted octanol–water partition coefficient (Wildman–Crippen LogP) is 4.88. The van der Waals surface area contributed by atoms with Crippen molar-refractivity contribution in [3.05, 3.63) is 72.2 Å². The number of hydrogen-bond acceptors (Lipinski definition) is 5. The molecule has 0 aliphatic heterocycles. The van der Waals surface area contributed by atoms with Crippen LogP contribution in [0.4, 0.5) is 4.79 Å². The Hall–Kier alpha value is -3.81. The lowest BCUT2D eigenvalue weighted by Crippen LogP contribution is -2.29. The first-order valence-electron chi connectivity index (χ1n) is 11.8. The summed E-state index contributed by atoms with van der Waals surface area (Å²) in [4.78, 5) is 29.9. The zero-order valence-electron chi connectivity index (χ0n) is 20.1. The van der Waals surface area contributed by atoms with Gasteiger partial charge in [-0.2, -0.15) is 0 Å². The minimum absolute atomic E-state index is 0.0894. The van der Waals surface area contributed by atoms with Crippen LogP contribution in [0.2, 0.25) is 0 Å². The van der Waals surface area contributed by atoms with Gasteiger partial charge in [0.05, 0.1) is 29.7 Å². The summed E-state index contributed by atoms with van der Waals surface area (Å²) in [7, 11) is 3.58. The number of amides is 1. The highest BCUT2D eigenvalue weighted by molar-refractivity contribution is 5.70. The maximum absolute atomic E-state index is 12.5. The first kappa shape index (κ1) is 24.3. The molecule has 1 fully saturated rings. The molecule has 1 aliphatic rings. The van der Waals surface area contributed by atoms with Crippen LogP contribution < -0.4 is 4.74 Å². The summed E-state index contributed by atoms with van der Waals surface area (Å²) >= 11 is 0. The molecule has 1 heterocycles. The molecule has 2 atom stereocenters. The molecule has 1 amide bonds. The van der Waals surface area contributed by atoms with Crippen molar-refractivity contribution in [3.8, 4) is 17.0 Å². The molecule has 184 valence electrons. The van der Waals surface area contributed by atoms with Crippen LogP contribution in [0.5, 0.6) is 5.75 Å². The number of aryl methyl sites for hydroxylation is 1. The van der Waals surface area contributed by atoms with E-state index >= 15 is 0 Å². The Kier molecular flexibility index (Phi) is 7.70. The molecule has 1 aliphatic carbocycles. The van der Waals surface area contributed by atoms with Crippen LogP contribution in [0.1, 0.15) is 36.9 Å². The van der Waals surface area contributed by atoms with Gasteiger partial charge in [-0.05, 0) is 55.5 Å². The van der Waals surface area contributed by atoms with Crippen LogP contribution in [0, 0.1) is 5.92 Å². The van der Waals surface area contributed by atoms with E-state index in [1.54, 1.807) is 13.4 Å². The molecule has 0 saturated heterocycles. The Morgan fingerprint density at radius 3 is 2.57 bits per heavy atom. The van der Waals surface area contributed by atoms with Gasteiger partial charge in [0.1, 0.15) is 12.4 Å². The van der Waals surface area contributed by atoms with E-state index in [9.17, 15) is 14.7 Å². The second kappa shape index (κ2) is 11.1. The van der Waals surface area contributed by atoms with Gasteiger partial charge in [-0.3, -0.25) is 4.79 Å². The third kappa shape index (κ3) is 6.20. The number of ether oxygens (including phenoxy) is 2. The van der Waals surface area contributed by atoms with Crippen molar-refractivity contribution in [3.63, 3.8) is 0 Å². The third-order valence-electron chi connectivity index (χ3n) is 6.37. The number of carboxylic acid groups (broad SMARTS) is 1. The number of rotatable bonds is 8. The van der Waals surface area contributed by atoms with Crippen molar-refractivity contribution >= 4 is 12.1 Å². The summed E-state index contributed by atoms with van der Waals surface area (Å²) in [5, 5.41) is 9.29. The number of imidazole rings is 1. The van der Waals surface area contributed by atoms with Crippen molar-refractivity contribution in [1.82, 2.24) is 14.5 Å². The van der Waals surface area contributed by atoms with E-state index in [4.69, 9.17) is 9.47 Å². The molecule has 1 N–H and O–H groups in total. The molecular weight excluding hydrogens is 446 g/mol. The van der Waals surface area contributed by atoms with Crippen molar-refractivity contribution in [2.24, 2.45) is 13.0 Å². The fraction of sp³-hybridized carbons (Fsp3) is 0.370. The van der Waals surface area contributed by atoms with Crippen molar-refractivity contribution < 1.29 is 24.2 Å². The van der Waals surface area contributed by atoms with Gasteiger partial charge in [-0.15, -0.1) is 0 Å². The minimum atomic E-state index is -0.747. The summed E-state index contributed by atoms with van der Waals surface area (Å²) < 4.78 is 13.5. The van der Waals surface area contributed by atoms with Crippen LogP contribution in [0.3, 0.4) is 0 Å². The molecule has 3 aromatic rings. The Bertz CT molecular complexity index is 1140. The van der Waals surface area contributed by atoms with Crippen molar-refractivity contribution in [1.29, 1.82) is 0 Å². The number of benzene rings is 2. The molecule has 8 nitrogen and oxygen atoms in total. The second-order valence-electron chi connectivity index (χ2n) is 9.01. The second-order valence-corrected chi connectivity index (χ2v) is 9.01. The molecule has 2 aromatic carbocycles. The van der Waals surface area contributed by atoms with E-state index in [1.807, 2.05) is 66.2 Å². The Morgan fingerprint density at radius 1 is 1.11 bits per heavy atom. The minimum Gasteiger partial charge on any atom is -0.490 e. The molecule has 0 spiro atoms. The van der Waals surface area contributed by atoms with E-state index < -0.39 is 12.1 Å². The van der Waals surface area contributed by atoms with Gasteiger partial charge in [0.25, 0.3) is 0 Å². The lowest BCUT2D eigenvalue weighted by Gasteiger charge is -2.27. The maximum atomic E-state index is 12.5. The zero-order valence-corrected chi connectivity index (χ0v) is 20.1. The molecule has 4 rings (SSSR count). The summed E-state index contributed by atoms with van der Waals surface area (Å²) in [5.41, 5.74) is 3.44. The van der Waals surface area contributed by atoms with Crippen LogP contribution in [0.25, 0.3) is 11.3 Å². The Balaban J connectivity index is 1.37. The molecule has 35 heavy (non-hydrogen) atoms. The van der Waals surface area contributed by atoms with Gasteiger partial charge >= 0.3 is 12.1 Å². The number of aromatic nitrogens is 2. The van der Waals surface area contributed by atoms with E-state index in [-0.39, 0.29) is 18.6 Å². The fourth-order valence-corrected chi connectivity index (χ4v) is 4.39. The van der Waals surface area contributed by atoms with Crippen LogP contribution in [-0.4, -0.2) is 44.8 Å². The highest BCUT2D eigenvalue weighted by Crippen LogP contribution is 2.30. The molecule has 8 heteroatoms. The molecule has 1 aromatic heterocycles. The normalized spacial score (nSPS) is 17.5. The fourth-order valence-electron chi connectivity index (χ4n) is 4.39. The van der Waals surface area contributed by atoms with E-state index in [0.29, 0.717) is 25.1 Å². The highest BCUT2D eigenvalue weighted by Gasteiger charge is 2.28. The predicted molar refractivity (Wildman–Crippen MR) is 131 cm³/mol. The van der Waals surface area contributed by atoms with Gasteiger partial charge < -0.3 is 24.0 Å². The highest BCUT2D eigenvalue weighted by atomic mass is 16.6. The SMILES string of the molecule is CN(Cc1ccccc1)C(=O)OCc1c(-c2ccc(O[C@H]3CCC[C@H](C(=O)O)C3)cc2)ncn1C. The first-order chi connectivity index (χ1) is 16.9. The third-order valence-corrected chi connectivity index (χ3v) is 6.37. The Morgan fingerprint density at radius 2 is 1.86 bits per heavy atom. The quantitative estimate of drug-likeness (QED) is 0.497. The number of nitrogens with zero attached hydrogens (tertiary/aromatic N) is 3. The monoisotopic (exact) mass is 477 g/mol. The average Bonchev–Trinajstić information content (AvgIpc) is 3.23. The standard InChI is InChI=1S/C27H31N3O5/c1-29(16-19-7-4-3-5-8-19)27(33)34-17-24-25(28-18-30(24)2)20-11-13-22(14-12-20)35-23-10-6-9-21(15-23)26(31)32/h3-5,7-8,11-14,18,21,23H,6,9-10,15-17H2,1-2H3,(H,31,32)/t21-,23-/m0/s1.